The van der Waals surface area contributed by atoms with Crippen LogP contribution in [0.15, 0.2) is 133 Å². The molecule has 0 saturated heterocycles. The standard InChI is InChI=1S/C19H14N2.C15H14N.Au/c1-3-9-16(10-4-1)20-15-21(17-11-5-2-6-12-17)19-14-8-7-13-18(19)20;1-15(2)11-7-3-5-9-13(11)16-14-10-6-4-8-12(14)15;/h1-14H;3-10H,1-2H3;/q+2;-1;+1. The van der Waals surface area contributed by atoms with Gasteiger partial charge in [0.25, 0.3) is 11.4 Å². The molecule has 0 unspecified atom stereocenters. The molecule has 2 aliphatic rings. The van der Waals surface area contributed by atoms with E-state index in [0.717, 1.165) is 34.1 Å². The zero-order valence-corrected chi connectivity index (χ0v) is 23.5. The molecule has 0 saturated carbocycles. The first kappa shape index (κ1) is 25.7. The summed E-state index contributed by atoms with van der Waals surface area (Å²) in [5.74, 6) is 0. The van der Waals surface area contributed by atoms with Crippen molar-refractivity contribution in [1.82, 2.24) is 9.15 Å². The van der Waals surface area contributed by atoms with Crippen molar-refractivity contribution < 1.29 is 22.4 Å². The maximum atomic E-state index is 4.70. The summed E-state index contributed by atoms with van der Waals surface area (Å²) in [6.07, 6.45) is 0. The quantitative estimate of drug-likeness (QED) is 0.129. The fourth-order valence-electron chi connectivity index (χ4n) is 5.07. The Balaban J connectivity index is 0.000000156. The summed E-state index contributed by atoms with van der Waals surface area (Å²) in [5, 5.41) is 4.70. The van der Waals surface area contributed by atoms with E-state index in [1.807, 2.05) is 48.5 Å². The van der Waals surface area contributed by atoms with Crippen LogP contribution in [0.3, 0.4) is 0 Å². The number of para-hydroxylation sites is 6. The van der Waals surface area contributed by atoms with Gasteiger partial charge >= 0.3 is 28.4 Å². The largest absolute Gasteiger partial charge is 1.00 e. The molecule has 0 fully saturated rings. The van der Waals surface area contributed by atoms with E-state index in [-0.39, 0.29) is 27.8 Å². The van der Waals surface area contributed by atoms with Crippen molar-refractivity contribution in [1.29, 1.82) is 0 Å². The Morgan fingerprint density at radius 2 is 0.868 bits per heavy atom. The van der Waals surface area contributed by atoms with Crippen molar-refractivity contribution in [2.24, 2.45) is 0 Å². The second-order valence-electron chi connectivity index (χ2n) is 9.70. The summed E-state index contributed by atoms with van der Waals surface area (Å²) in [7, 11) is 0. The Hall–Kier alpha value is -3.98. The molecule has 0 radical (unpaired) electrons. The van der Waals surface area contributed by atoms with Gasteiger partial charge < -0.3 is 5.32 Å². The van der Waals surface area contributed by atoms with E-state index >= 15 is 0 Å². The van der Waals surface area contributed by atoms with Gasteiger partial charge in [-0.25, -0.2) is 0 Å². The van der Waals surface area contributed by atoms with Crippen LogP contribution in [0.4, 0.5) is 34.1 Å². The van der Waals surface area contributed by atoms with Gasteiger partial charge in [-0.3, -0.25) is 0 Å². The summed E-state index contributed by atoms with van der Waals surface area (Å²) >= 11 is 0. The normalized spacial score (nSPS) is 13.6. The van der Waals surface area contributed by atoms with E-state index in [2.05, 4.69) is 114 Å². The van der Waals surface area contributed by atoms with Crippen molar-refractivity contribution in [3.05, 3.63) is 150 Å². The Morgan fingerprint density at radius 3 is 1.32 bits per heavy atom. The average molecular weight is 676 g/mol. The summed E-state index contributed by atoms with van der Waals surface area (Å²) in [6, 6.07) is 49.2. The number of hydrogen-bond acceptors (Lipinski definition) is 0. The fourth-order valence-corrected chi connectivity index (χ4v) is 5.07. The molecule has 0 N–H and O–H groups in total. The smallest absolute Gasteiger partial charge is 0.657 e. The van der Waals surface area contributed by atoms with E-state index in [0.29, 0.717) is 0 Å². The van der Waals surface area contributed by atoms with Crippen LogP contribution in [-0.4, -0.2) is 6.01 Å². The van der Waals surface area contributed by atoms with Crippen molar-refractivity contribution in [2.75, 3.05) is 0 Å². The molecule has 0 bridgehead atoms. The van der Waals surface area contributed by atoms with Crippen LogP contribution in [-0.2, 0) is 27.8 Å². The van der Waals surface area contributed by atoms with Crippen LogP contribution in [0.5, 0.6) is 0 Å². The van der Waals surface area contributed by atoms with E-state index in [1.165, 1.54) is 11.1 Å². The molecule has 5 aromatic rings. The second kappa shape index (κ2) is 10.8. The molecule has 5 aromatic carbocycles. The first-order valence-electron chi connectivity index (χ1n) is 12.6. The number of benzene rings is 5. The number of rotatable bonds is 2. The molecule has 188 valence electrons. The SMILES string of the molecule is C1=[N+](c2ccccc2)c2ccccc2[N+]=1c1ccccc1.CC1(C)c2ccccc2[N-]c2ccccc21.[Au+]. The van der Waals surface area contributed by atoms with Gasteiger partial charge in [0, 0.05) is 41.8 Å². The first-order valence-corrected chi connectivity index (χ1v) is 12.6. The second-order valence-corrected chi connectivity index (χ2v) is 9.70. The molecule has 0 atom stereocenters. The molecule has 0 aromatic heterocycles. The van der Waals surface area contributed by atoms with Crippen molar-refractivity contribution in [3.63, 3.8) is 0 Å². The number of nitrogens with zero attached hydrogens (tertiary/aromatic N) is 3. The van der Waals surface area contributed by atoms with E-state index in [1.54, 1.807) is 0 Å². The molecule has 2 heterocycles. The average Bonchev–Trinajstić information content (AvgIpc) is 3.34. The molecule has 7 rings (SSSR count). The third-order valence-corrected chi connectivity index (χ3v) is 6.99. The van der Waals surface area contributed by atoms with Crippen LogP contribution in [0.2, 0.25) is 0 Å². The topological polar surface area (TPSA) is 20.1 Å². The Bertz CT molecular complexity index is 1530. The number of fused-ring (bicyclic) bond motifs is 3. The fraction of sp³-hybridized carbons (Fsp3) is 0.0882. The minimum atomic E-state index is 0. The van der Waals surface area contributed by atoms with Gasteiger partial charge in [0.2, 0.25) is 11.4 Å². The van der Waals surface area contributed by atoms with Gasteiger partial charge in [0.05, 0.1) is 0 Å². The Morgan fingerprint density at radius 1 is 0.500 bits per heavy atom. The van der Waals surface area contributed by atoms with Gasteiger partial charge in [-0.05, 0) is 9.15 Å². The molecule has 0 amide bonds. The van der Waals surface area contributed by atoms with Gasteiger partial charge in [-0.15, -0.1) is 11.4 Å². The van der Waals surface area contributed by atoms with Crippen molar-refractivity contribution in [3.8, 4) is 0 Å². The molecule has 4 heteroatoms. The third-order valence-electron chi connectivity index (χ3n) is 6.99. The summed E-state index contributed by atoms with van der Waals surface area (Å²) in [6.45, 7) is 4.53. The van der Waals surface area contributed by atoms with E-state index in [9.17, 15) is 0 Å². The predicted molar refractivity (Wildman–Crippen MR) is 155 cm³/mol. The summed E-state index contributed by atoms with van der Waals surface area (Å²) in [5.41, 5.74) is 9.40. The van der Waals surface area contributed by atoms with Crippen LogP contribution in [0, 0.1) is 0 Å². The van der Waals surface area contributed by atoms with Crippen molar-refractivity contribution >= 4 is 40.1 Å². The minimum Gasteiger partial charge on any atom is -0.657 e. The molecule has 2 aliphatic heterocycles. The third kappa shape index (κ3) is 4.69. The van der Waals surface area contributed by atoms with Crippen LogP contribution < -0.4 is 9.15 Å². The van der Waals surface area contributed by atoms with Gasteiger partial charge in [-0.1, -0.05) is 122 Å². The van der Waals surface area contributed by atoms with E-state index < -0.39 is 0 Å². The molecule has 0 spiro atoms. The zero-order chi connectivity index (χ0) is 25.2. The molecular formula is C34H28AuN3+2. The predicted octanol–water partition coefficient (Wildman–Crippen LogP) is 9.20. The summed E-state index contributed by atoms with van der Waals surface area (Å²) in [4.78, 5) is 0. The van der Waals surface area contributed by atoms with Gasteiger partial charge in [0.15, 0.2) is 0 Å². The maximum Gasteiger partial charge on any atom is 1.00 e. The monoisotopic (exact) mass is 675 g/mol. The first-order chi connectivity index (χ1) is 18.1. The zero-order valence-electron chi connectivity index (χ0n) is 21.3. The molecule has 38 heavy (non-hydrogen) atoms. The van der Waals surface area contributed by atoms with Crippen molar-refractivity contribution in [2.45, 2.75) is 19.3 Å². The molecule has 0 aliphatic carbocycles. The minimum absolute atomic E-state index is 0. The Kier molecular flexibility index (Phi) is 7.28. The Labute approximate surface area is 240 Å². The van der Waals surface area contributed by atoms with Crippen LogP contribution >= 0.6 is 0 Å². The van der Waals surface area contributed by atoms with E-state index in [4.69, 9.17) is 5.32 Å². The number of hydrogen-bond donors (Lipinski definition) is 0. The molecule has 3 nitrogen and oxygen atoms in total. The molecular weight excluding hydrogens is 647 g/mol. The van der Waals surface area contributed by atoms with Gasteiger partial charge in [0.1, 0.15) is 0 Å². The summed E-state index contributed by atoms with van der Waals surface area (Å²) < 4.78 is 4.20. The maximum absolute atomic E-state index is 4.70. The van der Waals surface area contributed by atoms with Gasteiger partial charge in [-0.2, -0.15) is 0 Å². The van der Waals surface area contributed by atoms with Crippen LogP contribution in [0.25, 0.3) is 5.32 Å². The van der Waals surface area contributed by atoms with Crippen LogP contribution in [0.1, 0.15) is 25.0 Å².